The minimum absolute atomic E-state index is 0.878. The number of hydrogen-bond acceptors (Lipinski definition) is 2. The molecule has 202 valence electrons. The summed E-state index contributed by atoms with van der Waals surface area (Å²) in [6, 6.07) is 55.9. The van der Waals surface area contributed by atoms with Gasteiger partial charge in [0.2, 0.25) is 0 Å². The van der Waals surface area contributed by atoms with Crippen LogP contribution in [0.2, 0.25) is 0 Å². The maximum absolute atomic E-state index is 6.51. The van der Waals surface area contributed by atoms with Crippen LogP contribution in [0.4, 0.5) is 17.1 Å². The van der Waals surface area contributed by atoms with Gasteiger partial charge in [-0.1, -0.05) is 91.0 Å². The highest BCUT2D eigenvalue weighted by Crippen LogP contribution is 2.45. The Balaban J connectivity index is 1.33. The summed E-state index contributed by atoms with van der Waals surface area (Å²) in [5, 5.41) is 7.15. The van der Waals surface area contributed by atoms with Gasteiger partial charge in [-0.3, -0.25) is 0 Å². The minimum Gasteiger partial charge on any atom is -0.456 e. The van der Waals surface area contributed by atoms with Gasteiger partial charge < -0.3 is 13.9 Å². The molecule has 9 aromatic rings. The zero-order valence-electron chi connectivity index (χ0n) is 23.3. The zero-order valence-corrected chi connectivity index (χ0v) is 23.3. The van der Waals surface area contributed by atoms with Crippen molar-refractivity contribution in [1.29, 1.82) is 0 Å². The third kappa shape index (κ3) is 3.62. The van der Waals surface area contributed by atoms with Crippen LogP contribution in [0.3, 0.4) is 0 Å². The van der Waals surface area contributed by atoms with Crippen LogP contribution in [0.15, 0.2) is 162 Å². The molecule has 0 bridgehead atoms. The zero-order chi connectivity index (χ0) is 28.3. The largest absolute Gasteiger partial charge is 0.456 e. The molecule has 0 aliphatic carbocycles. The lowest BCUT2D eigenvalue weighted by Crippen LogP contribution is -2.10. The van der Waals surface area contributed by atoms with Crippen LogP contribution >= 0.6 is 0 Å². The van der Waals surface area contributed by atoms with Crippen molar-refractivity contribution < 1.29 is 4.42 Å². The molecule has 43 heavy (non-hydrogen) atoms. The lowest BCUT2D eigenvalue weighted by Gasteiger charge is -2.26. The normalized spacial score (nSPS) is 11.7. The molecule has 0 aliphatic rings. The molecule has 0 amide bonds. The summed E-state index contributed by atoms with van der Waals surface area (Å²) in [6.45, 7) is 0. The highest BCUT2D eigenvalue weighted by Gasteiger charge is 2.22. The lowest BCUT2D eigenvalue weighted by atomic mass is 10.0. The molecule has 0 saturated carbocycles. The van der Waals surface area contributed by atoms with Crippen molar-refractivity contribution in [3.05, 3.63) is 158 Å². The Kier molecular flexibility index (Phi) is 5.20. The van der Waals surface area contributed by atoms with Crippen molar-refractivity contribution in [3.63, 3.8) is 0 Å². The van der Waals surface area contributed by atoms with Gasteiger partial charge in [-0.25, -0.2) is 0 Å². The van der Waals surface area contributed by atoms with Crippen molar-refractivity contribution in [2.24, 2.45) is 0 Å². The summed E-state index contributed by atoms with van der Waals surface area (Å²) in [6.07, 6.45) is 0. The van der Waals surface area contributed by atoms with Gasteiger partial charge in [0.15, 0.2) is 0 Å². The number of rotatable bonds is 4. The Labute approximate surface area is 248 Å². The number of fused-ring (bicyclic) bond motifs is 8. The third-order valence-corrected chi connectivity index (χ3v) is 8.55. The second-order valence-corrected chi connectivity index (χ2v) is 11.0. The number of benzene rings is 7. The van der Waals surface area contributed by atoms with Gasteiger partial charge in [-0.2, -0.15) is 0 Å². The second kappa shape index (κ2) is 9.37. The predicted molar refractivity (Wildman–Crippen MR) is 180 cm³/mol. The molecule has 9 rings (SSSR count). The maximum atomic E-state index is 6.51. The van der Waals surface area contributed by atoms with Gasteiger partial charge in [0.05, 0.1) is 16.7 Å². The summed E-state index contributed by atoms with van der Waals surface area (Å²) < 4.78 is 8.88. The van der Waals surface area contributed by atoms with Gasteiger partial charge in [0, 0.05) is 44.7 Å². The molecule has 0 N–H and O–H groups in total. The van der Waals surface area contributed by atoms with Gasteiger partial charge >= 0.3 is 0 Å². The van der Waals surface area contributed by atoms with Crippen LogP contribution in [0, 0.1) is 0 Å². The van der Waals surface area contributed by atoms with E-state index in [1.807, 2.05) is 0 Å². The molecule has 2 aromatic heterocycles. The fraction of sp³-hybridized carbons (Fsp3) is 0. The van der Waals surface area contributed by atoms with Crippen LogP contribution in [-0.4, -0.2) is 4.57 Å². The molecular weight excluding hydrogens is 524 g/mol. The van der Waals surface area contributed by atoms with Crippen molar-refractivity contribution in [1.82, 2.24) is 4.57 Å². The van der Waals surface area contributed by atoms with Crippen molar-refractivity contribution in [2.75, 3.05) is 4.90 Å². The minimum atomic E-state index is 0.878. The molecule has 3 nitrogen and oxygen atoms in total. The summed E-state index contributed by atoms with van der Waals surface area (Å²) in [4.78, 5) is 2.36. The third-order valence-electron chi connectivity index (χ3n) is 8.55. The molecule has 7 aromatic carbocycles. The van der Waals surface area contributed by atoms with Crippen molar-refractivity contribution in [3.8, 4) is 5.69 Å². The monoisotopic (exact) mass is 550 g/mol. The fourth-order valence-corrected chi connectivity index (χ4v) is 6.72. The van der Waals surface area contributed by atoms with E-state index in [0.717, 1.165) is 39.3 Å². The smallest absolute Gasteiger partial charge is 0.137 e. The van der Waals surface area contributed by atoms with Gasteiger partial charge in [0.1, 0.15) is 11.2 Å². The van der Waals surface area contributed by atoms with Crippen LogP contribution < -0.4 is 4.90 Å². The first-order valence-electron chi connectivity index (χ1n) is 14.6. The molecule has 0 spiro atoms. The number of hydrogen-bond donors (Lipinski definition) is 0. The predicted octanol–water partition coefficient (Wildman–Crippen LogP) is 11.3. The molecule has 0 atom stereocenters. The summed E-state index contributed by atoms with van der Waals surface area (Å²) in [7, 11) is 0. The first-order valence-corrected chi connectivity index (χ1v) is 14.6. The van der Waals surface area contributed by atoms with E-state index in [9.17, 15) is 0 Å². The Morgan fingerprint density at radius 3 is 2.02 bits per heavy atom. The van der Waals surface area contributed by atoms with Crippen LogP contribution in [0.5, 0.6) is 0 Å². The Morgan fingerprint density at radius 2 is 1.16 bits per heavy atom. The van der Waals surface area contributed by atoms with Gasteiger partial charge in [-0.05, 0) is 71.4 Å². The summed E-state index contributed by atoms with van der Waals surface area (Å²) >= 11 is 0. The van der Waals surface area contributed by atoms with Gasteiger partial charge in [0.25, 0.3) is 0 Å². The van der Waals surface area contributed by atoms with Crippen LogP contribution in [0.1, 0.15) is 0 Å². The van der Waals surface area contributed by atoms with Gasteiger partial charge in [-0.15, -0.1) is 0 Å². The van der Waals surface area contributed by atoms with Crippen LogP contribution in [0.25, 0.3) is 60.2 Å². The molecule has 0 fully saturated rings. The number of nitrogens with zero attached hydrogens (tertiary/aromatic N) is 2. The van der Waals surface area contributed by atoms with E-state index in [0.29, 0.717) is 0 Å². The quantitative estimate of drug-likeness (QED) is 0.217. The highest BCUT2D eigenvalue weighted by molar-refractivity contribution is 6.20. The number of aromatic nitrogens is 1. The summed E-state index contributed by atoms with van der Waals surface area (Å²) in [5.74, 6) is 0. The average molecular weight is 551 g/mol. The fourth-order valence-electron chi connectivity index (χ4n) is 6.72. The Bertz CT molecular complexity index is 2450. The van der Waals surface area contributed by atoms with E-state index in [4.69, 9.17) is 4.42 Å². The van der Waals surface area contributed by atoms with Crippen molar-refractivity contribution in [2.45, 2.75) is 0 Å². The van der Waals surface area contributed by atoms with E-state index in [1.54, 1.807) is 0 Å². The maximum Gasteiger partial charge on any atom is 0.137 e. The lowest BCUT2D eigenvalue weighted by molar-refractivity contribution is 0.669. The molecule has 3 heteroatoms. The second-order valence-electron chi connectivity index (χ2n) is 11.0. The molecule has 0 aliphatic heterocycles. The van der Waals surface area contributed by atoms with E-state index in [1.165, 1.54) is 38.0 Å². The number of anilines is 3. The average Bonchev–Trinajstić information content (AvgIpc) is 3.62. The Hall–Kier alpha value is -5.80. The first-order chi connectivity index (χ1) is 21.3. The van der Waals surface area contributed by atoms with Crippen LogP contribution in [-0.2, 0) is 0 Å². The van der Waals surface area contributed by atoms with E-state index in [-0.39, 0.29) is 0 Å². The Morgan fingerprint density at radius 1 is 0.442 bits per heavy atom. The number of furan rings is 1. The molecule has 2 heterocycles. The summed E-state index contributed by atoms with van der Waals surface area (Å²) in [5.41, 5.74) is 8.54. The number of para-hydroxylation sites is 3. The standard InChI is InChI=1S/C40H26N2O/c1-3-13-28(14-4-1)41(30-23-24-33-38(26-30)43-37-25-22-27-12-7-8-17-31(27)39(33)37)35-20-11-21-36-40(35)32-18-9-10-19-34(32)42(36)29-15-5-2-6-16-29/h1-26H. The SMILES string of the molecule is c1ccc(N(c2ccc3c(c2)oc2ccc4ccccc4c23)c2cccc3c2c2ccccc2n3-c2ccccc2)cc1. The first kappa shape index (κ1) is 23.9. The molecule has 0 unspecified atom stereocenters. The molecule has 0 radical (unpaired) electrons. The highest BCUT2D eigenvalue weighted by atomic mass is 16.3. The topological polar surface area (TPSA) is 21.3 Å². The van der Waals surface area contributed by atoms with E-state index < -0.39 is 0 Å². The molecule has 0 saturated heterocycles. The molecular formula is C40H26N2O. The van der Waals surface area contributed by atoms with E-state index in [2.05, 4.69) is 167 Å². The van der Waals surface area contributed by atoms with E-state index >= 15 is 0 Å². The van der Waals surface area contributed by atoms with Crippen molar-refractivity contribution >= 4 is 71.6 Å².